The molecule has 0 spiro atoms. The van der Waals surface area contributed by atoms with E-state index in [1.54, 1.807) is 30.2 Å². The zero-order chi connectivity index (χ0) is 19.5. The highest BCUT2D eigenvalue weighted by molar-refractivity contribution is 7.98. The van der Waals surface area contributed by atoms with E-state index in [0.29, 0.717) is 0 Å². The monoisotopic (exact) mass is 392 g/mol. The average Bonchev–Trinajstić information content (AvgIpc) is 3.12. The molecular weight excluding hydrogens is 371 g/mol. The molecule has 3 aromatic heterocycles. The van der Waals surface area contributed by atoms with Gasteiger partial charge in [0.25, 0.3) is 0 Å². The second-order valence-electron chi connectivity index (χ2n) is 6.59. The van der Waals surface area contributed by atoms with Crippen LogP contribution in [0.4, 0.5) is 4.39 Å². The van der Waals surface area contributed by atoms with Gasteiger partial charge in [-0.25, -0.2) is 18.9 Å². The molecule has 0 aliphatic heterocycles. The molecule has 1 aromatic carbocycles. The SMILES string of the molecule is CCCCc1cc(-c2c(-c3ccc(F)cc3)nn3c(SC)cccc23)ncn1. The van der Waals surface area contributed by atoms with E-state index in [2.05, 4.69) is 16.9 Å². The maximum atomic E-state index is 13.5. The van der Waals surface area contributed by atoms with Crippen molar-refractivity contribution in [2.24, 2.45) is 0 Å². The third-order valence-electron chi connectivity index (χ3n) is 4.72. The van der Waals surface area contributed by atoms with Crippen LogP contribution in [0.1, 0.15) is 25.5 Å². The largest absolute Gasteiger partial charge is 0.241 e. The Morgan fingerprint density at radius 1 is 1.07 bits per heavy atom. The number of unbranched alkanes of at least 4 members (excludes halogenated alkanes) is 1. The van der Waals surface area contributed by atoms with Crippen molar-refractivity contribution in [3.63, 3.8) is 0 Å². The third-order valence-corrected chi connectivity index (χ3v) is 5.44. The number of thioether (sulfide) groups is 1. The van der Waals surface area contributed by atoms with Crippen LogP contribution in [0, 0.1) is 5.82 Å². The molecule has 0 aliphatic carbocycles. The van der Waals surface area contributed by atoms with E-state index >= 15 is 0 Å². The molecule has 28 heavy (non-hydrogen) atoms. The van der Waals surface area contributed by atoms with Gasteiger partial charge in [-0.1, -0.05) is 19.4 Å². The summed E-state index contributed by atoms with van der Waals surface area (Å²) in [4.78, 5) is 8.98. The highest BCUT2D eigenvalue weighted by Gasteiger charge is 2.19. The molecule has 0 radical (unpaired) electrons. The van der Waals surface area contributed by atoms with Crippen molar-refractivity contribution in [1.82, 2.24) is 19.6 Å². The van der Waals surface area contributed by atoms with Crippen molar-refractivity contribution in [1.29, 1.82) is 0 Å². The summed E-state index contributed by atoms with van der Waals surface area (Å²) < 4.78 is 15.4. The topological polar surface area (TPSA) is 43.1 Å². The summed E-state index contributed by atoms with van der Waals surface area (Å²) in [6.45, 7) is 2.17. The van der Waals surface area contributed by atoms with Crippen molar-refractivity contribution in [3.8, 4) is 22.5 Å². The second kappa shape index (κ2) is 8.10. The number of halogens is 1. The molecular formula is C22H21FN4S. The van der Waals surface area contributed by atoms with Gasteiger partial charge < -0.3 is 0 Å². The molecule has 0 amide bonds. The number of benzene rings is 1. The minimum absolute atomic E-state index is 0.261. The predicted octanol–water partition coefficient (Wildman–Crippen LogP) is 5.66. The number of hydrogen-bond acceptors (Lipinski definition) is 4. The number of nitrogens with zero attached hydrogens (tertiary/aromatic N) is 4. The fourth-order valence-corrected chi connectivity index (χ4v) is 3.82. The van der Waals surface area contributed by atoms with Crippen molar-refractivity contribution in [2.45, 2.75) is 31.2 Å². The first-order valence-electron chi connectivity index (χ1n) is 9.34. The average molecular weight is 393 g/mol. The number of pyridine rings is 1. The Morgan fingerprint density at radius 3 is 2.64 bits per heavy atom. The predicted molar refractivity (Wildman–Crippen MR) is 112 cm³/mol. The first kappa shape index (κ1) is 18.6. The van der Waals surface area contributed by atoms with E-state index in [1.807, 2.05) is 35.0 Å². The summed E-state index contributed by atoms with van der Waals surface area (Å²) in [6.07, 6.45) is 6.78. The van der Waals surface area contributed by atoms with Crippen LogP contribution in [0.15, 0.2) is 59.9 Å². The zero-order valence-electron chi connectivity index (χ0n) is 15.9. The quantitative estimate of drug-likeness (QED) is 0.397. The minimum atomic E-state index is -0.261. The molecule has 0 aliphatic rings. The molecule has 3 heterocycles. The zero-order valence-corrected chi connectivity index (χ0v) is 16.7. The summed E-state index contributed by atoms with van der Waals surface area (Å²) >= 11 is 1.64. The van der Waals surface area contributed by atoms with E-state index in [1.165, 1.54) is 12.1 Å². The number of aromatic nitrogens is 4. The Hall–Kier alpha value is -2.73. The van der Waals surface area contributed by atoms with Crippen LogP contribution >= 0.6 is 11.8 Å². The van der Waals surface area contributed by atoms with E-state index < -0.39 is 0 Å². The van der Waals surface area contributed by atoms with Gasteiger partial charge in [-0.3, -0.25) is 0 Å². The smallest absolute Gasteiger partial charge is 0.123 e. The first-order valence-corrected chi connectivity index (χ1v) is 10.6. The van der Waals surface area contributed by atoms with Crippen molar-refractivity contribution in [2.75, 3.05) is 6.26 Å². The van der Waals surface area contributed by atoms with Crippen LogP contribution in [0.25, 0.3) is 28.0 Å². The fourth-order valence-electron chi connectivity index (χ4n) is 3.29. The van der Waals surface area contributed by atoms with Gasteiger partial charge >= 0.3 is 0 Å². The molecule has 0 unspecified atom stereocenters. The van der Waals surface area contributed by atoms with Gasteiger partial charge in [0.05, 0.1) is 21.8 Å². The van der Waals surface area contributed by atoms with Crippen LogP contribution in [0.3, 0.4) is 0 Å². The minimum Gasteiger partial charge on any atom is -0.241 e. The Kier molecular flexibility index (Phi) is 5.39. The fraction of sp³-hybridized carbons (Fsp3) is 0.227. The number of hydrogen-bond donors (Lipinski definition) is 0. The first-order chi connectivity index (χ1) is 13.7. The summed E-state index contributed by atoms with van der Waals surface area (Å²) in [5.41, 5.74) is 5.45. The Bertz CT molecular complexity index is 1110. The molecule has 0 N–H and O–H groups in total. The van der Waals surface area contributed by atoms with Gasteiger partial charge in [-0.2, -0.15) is 5.10 Å². The highest BCUT2D eigenvalue weighted by Crippen LogP contribution is 2.36. The van der Waals surface area contributed by atoms with Crippen LogP contribution in [-0.2, 0) is 6.42 Å². The lowest BCUT2D eigenvalue weighted by atomic mass is 10.0. The molecule has 4 aromatic rings. The molecule has 0 bridgehead atoms. The Labute approximate surface area is 167 Å². The molecule has 0 fully saturated rings. The number of aryl methyl sites for hydroxylation is 1. The van der Waals surface area contributed by atoms with Gasteiger partial charge in [-0.05, 0) is 61.6 Å². The lowest BCUT2D eigenvalue weighted by Gasteiger charge is -2.06. The van der Waals surface area contributed by atoms with Crippen LogP contribution in [0.5, 0.6) is 0 Å². The van der Waals surface area contributed by atoms with Crippen LogP contribution < -0.4 is 0 Å². The van der Waals surface area contributed by atoms with E-state index in [-0.39, 0.29) is 5.82 Å². The maximum Gasteiger partial charge on any atom is 0.123 e. The van der Waals surface area contributed by atoms with E-state index in [4.69, 9.17) is 5.10 Å². The molecule has 0 saturated carbocycles. The normalized spacial score (nSPS) is 11.2. The van der Waals surface area contributed by atoms with Crippen LogP contribution in [0.2, 0.25) is 0 Å². The summed E-state index contributed by atoms with van der Waals surface area (Å²) in [5, 5.41) is 5.90. The Balaban J connectivity index is 1.95. The van der Waals surface area contributed by atoms with Gasteiger partial charge in [0.1, 0.15) is 17.8 Å². The molecule has 4 rings (SSSR count). The highest BCUT2D eigenvalue weighted by atomic mass is 32.2. The van der Waals surface area contributed by atoms with E-state index in [0.717, 1.165) is 58.0 Å². The third kappa shape index (κ3) is 3.52. The van der Waals surface area contributed by atoms with Crippen molar-refractivity contribution >= 4 is 17.3 Å². The molecule has 0 atom stereocenters. The van der Waals surface area contributed by atoms with Crippen molar-refractivity contribution < 1.29 is 4.39 Å². The Morgan fingerprint density at radius 2 is 1.89 bits per heavy atom. The van der Waals surface area contributed by atoms with Crippen molar-refractivity contribution in [3.05, 3.63) is 66.4 Å². The lowest BCUT2D eigenvalue weighted by molar-refractivity contribution is 0.628. The van der Waals surface area contributed by atoms with Gasteiger partial charge in [-0.15, -0.1) is 11.8 Å². The molecule has 0 saturated heterocycles. The number of fused-ring (bicyclic) bond motifs is 1. The second-order valence-corrected chi connectivity index (χ2v) is 7.42. The maximum absolute atomic E-state index is 13.5. The standard InChI is InChI=1S/C22H21FN4S/c1-3-4-6-17-13-18(25-14-24-17)21-19-7-5-8-20(28-2)27(19)26-22(21)15-9-11-16(23)12-10-15/h5,7-14H,3-4,6H2,1-2H3. The summed E-state index contributed by atoms with van der Waals surface area (Å²) in [6, 6.07) is 14.6. The van der Waals surface area contributed by atoms with Gasteiger partial charge in [0.15, 0.2) is 0 Å². The molecule has 142 valence electrons. The van der Waals surface area contributed by atoms with E-state index in [9.17, 15) is 4.39 Å². The van der Waals surface area contributed by atoms with Crippen LogP contribution in [-0.4, -0.2) is 25.8 Å². The summed E-state index contributed by atoms with van der Waals surface area (Å²) in [7, 11) is 0. The number of rotatable bonds is 6. The molecule has 6 heteroatoms. The summed E-state index contributed by atoms with van der Waals surface area (Å²) in [5.74, 6) is -0.261. The lowest BCUT2D eigenvalue weighted by Crippen LogP contribution is -1.94. The molecule has 4 nitrogen and oxygen atoms in total. The van der Waals surface area contributed by atoms with Gasteiger partial charge in [0, 0.05) is 11.3 Å². The van der Waals surface area contributed by atoms with Gasteiger partial charge in [0.2, 0.25) is 0 Å².